The van der Waals surface area contributed by atoms with Crippen LogP contribution in [0.15, 0.2) is 48.5 Å². The van der Waals surface area contributed by atoms with Crippen molar-refractivity contribution in [2.45, 2.75) is 34.1 Å². The van der Waals surface area contributed by atoms with E-state index >= 15 is 0 Å². The molecule has 2 amide bonds. The second-order valence-corrected chi connectivity index (χ2v) is 8.94. The maximum Gasteiger partial charge on any atom is 0.256 e. The number of anilines is 1. The summed E-state index contributed by atoms with van der Waals surface area (Å²) in [6, 6.07) is 16.1. The van der Waals surface area contributed by atoms with Gasteiger partial charge in [-0.3, -0.25) is 9.59 Å². The summed E-state index contributed by atoms with van der Waals surface area (Å²) in [5, 5.41) is 6.04. The number of nitrogens with one attached hydrogen (secondary N) is 3. The summed E-state index contributed by atoms with van der Waals surface area (Å²) in [7, 11) is 0. The molecule has 6 nitrogen and oxygen atoms in total. The zero-order chi connectivity index (χ0) is 24.9. The van der Waals surface area contributed by atoms with E-state index in [-0.39, 0.29) is 11.8 Å². The van der Waals surface area contributed by atoms with E-state index < -0.39 is 0 Å². The molecule has 4 rings (SSSR count). The van der Waals surface area contributed by atoms with E-state index in [1.807, 2.05) is 56.3 Å². The predicted molar refractivity (Wildman–Crippen MR) is 143 cm³/mol. The number of nitrogens with zero attached hydrogens (tertiary/aromatic N) is 1. The molecule has 0 saturated heterocycles. The number of hydrogen-bond donors (Lipinski definition) is 3. The summed E-state index contributed by atoms with van der Waals surface area (Å²) >= 11 is 0. The average Bonchev–Trinajstić information content (AvgIpc) is 3.33. The molecular weight excluding hydrogens is 436 g/mol. The minimum atomic E-state index is -0.140. The monoisotopic (exact) mass is 470 g/mol. The fourth-order valence-electron chi connectivity index (χ4n) is 4.68. The first-order valence-corrected chi connectivity index (χ1v) is 12.4. The molecule has 0 saturated carbocycles. The maximum atomic E-state index is 12.9. The van der Waals surface area contributed by atoms with Crippen LogP contribution in [-0.4, -0.2) is 47.9 Å². The van der Waals surface area contributed by atoms with Crippen molar-refractivity contribution in [3.63, 3.8) is 0 Å². The number of amides is 2. The normalized spacial score (nSPS) is 13.9. The van der Waals surface area contributed by atoms with Crippen molar-refractivity contribution in [3.8, 4) is 11.1 Å². The second kappa shape index (κ2) is 10.7. The highest BCUT2D eigenvalue weighted by molar-refractivity contribution is 6.35. The molecule has 0 fully saturated rings. The van der Waals surface area contributed by atoms with Crippen molar-refractivity contribution >= 4 is 29.2 Å². The highest BCUT2D eigenvalue weighted by Gasteiger charge is 2.26. The molecule has 2 aromatic carbocycles. The number of carbonyl (C=O) groups excluding carboxylic acids is 2. The molecule has 0 spiro atoms. The van der Waals surface area contributed by atoms with E-state index in [1.165, 1.54) is 0 Å². The number of aromatic nitrogens is 1. The number of carbonyl (C=O) groups is 2. The molecule has 1 aliphatic rings. The Kier molecular flexibility index (Phi) is 7.51. The van der Waals surface area contributed by atoms with Gasteiger partial charge in [0.1, 0.15) is 0 Å². The molecule has 3 N–H and O–H groups in total. The number of fused-ring (bicyclic) bond motifs is 1. The smallest absolute Gasteiger partial charge is 0.256 e. The third-order valence-electron chi connectivity index (χ3n) is 6.73. The van der Waals surface area contributed by atoms with Crippen LogP contribution in [0.2, 0.25) is 0 Å². The fourth-order valence-corrected chi connectivity index (χ4v) is 4.68. The summed E-state index contributed by atoms with van der Waals surface area (Å²) < 4.78 is 0. The molecule has 0 atom stereocenters. The highest BCUT2D eigenvalue weighted by Crippen LogP contribution is 2.36. The lowest BCUT2D eigenvalue weighted by molar-refractivity contribution is -0.110. The summed E-state index contributed by atoms with van der Waals surface area (Å²) in [4.78, 5) is 31.4. The van der Waals surface area contributed by atoms with E-state index in [0.717, 1.165) is 65.4 Å². The molecule has 0 radical (unpaired) electrons. The molecule has 0 bridgehead atoms. The van der Waals surface area contributed by atoms with E-state index in [2.05, 4.69) is 46.5 Å². The van der Waals surface area contributed by atoms with Crippen LogP contribution in [0.25, 0.3) is 22.8 Å². The van der Waals surface area contributed by atoms with Crippen LogP contribution in [-0.2, 0) is 4.79 Å². The number of benzene rings is 2. The van der Waals surface area contributed by atoms with Crippen LogP contribution in [0.1, 0.15) is 53.1 Å². The average molecular weight is 471 g/mol. The number of rotatable bonds is 9. The van der Waals surface area contributed by atoms with Crippen molar-refractivity contribution in [1.82, 2.24) is 15.2 Å². The van der Waals surface area contributed by atoms with Gasteiger partial charge in [-0.15, -0.1) is 0 Å². The Bertz CT molecular complexity index is 1250. The minimum Gasteiger partial charge on any atom is -0.358 e. The Morgan fingerprint density at radius 2 is 1.77 bits per heavy atom. The zero-order valence-electron chi connectivity index (χ0n) is 21.0. The van der Waals surface area contributed by atoms with Gasteiger partial charge in [0.25, 0.3) is 11.8 Å². The van der Waals surface area contributed by atoms with Gasteiger partial charge in [-0.1, -0.05) is 56.3 Å². The van der Waals surface area contributed by atoms with Crippen LogP contribution in [0.4, 0.5) is 5.69 Å². The Morgan fingerprint density at radius 1 is 1.03 bits per heavy atom. The van der Waals surface area contributed by atoms with Crippen LogP contribution >= 0.6 is 0 Å². The van der Waals surface area contributed by atoms with Crippen molar-refractivity contribution in [3.05, 3.63) is 76.6 Å². The maximum absolute atomic E-state index is 12.9. The van der Waals surface area contributed by atoms with Crippen LogP contribution in [0.5, 0.6) is 0 Å². The summed E-state index contributed by atoms with van der Waals surface area (Å²) in [5.41, 5.74) is 7.49. The van der Waals surface area contributed by atoms with E-state index in [0.29, 0.717) is 17.7 Å². The molecule has 0 aliphatic carbocycles. The topological polar surface area (TPSA) is 77.2 Å². The van der Waals surface area contributed by atoms with Crippen molar-refractivity contribution in [2.24, 2.45) is 0 Å². The molecular formula is C29H34N4O2. The standard InChI is InChI=1S/C29H34N4O2/c1-5-33(6-2)16-10-15-30-29(35)27-19(3)25(31-20(27)4)18-24-23-14-13-22(17-26(23)32-28(24)34)21-11-8-7-9-12-21/h7-9,11-14,17-18,31H,5-6,10,15-16H2,1-4H3,(H,30,35)(H,32,34). The molecule has 1 aliphatic heterocycles. The summed E-state index contributed by atoms with van der Waals surface area (Å²) in [6.45, 7) is 11.8. The minimum absolute atomic E-state index is 0.0794. The SMILES string of the molecule is CCN(CC)CCCNC(=O)c1c(C)[nH]c(C=C2C(=O)Nc3cc(-c4ccccc4)ccc32)c1C. The Hall–Kier alpha value is -3.64. The molecule has 1 aromatic heterocycles. The van der Waals surface area contributed by atoms with E-state index in [1.54, 1.807) is 0 Å². The van der Waals surface area contributed by atoms with Crippen molar-refractivity contribution in [2.75, 3.05) is 31.5 Å². The molecule has 2 heterocycles. The second-order valence-electron chi connectivity index (χ2n) is 8.94. The molecule has 3 aromatic rings. The van der Waals surface area contributed by atoms with Gasteiger partial charge in [-0.2, -0.15) is 0 Å². The molecule has 35 heavy (non-hydrogen) atoms. The van der Waals surface area contributed by atoms with Gasteiger partial charge in [-0.05, 0) is 68.7 Å². The largest absolute Gasteiger partial charge is 0.358 e. The molecule has 6 heteroatoms. The lowest BCUT2D eigenvalue weighted by atomic mass is 9.99. The van der Waals surface area contributed by atoms with Crippen molar-refractivity contribution < 1.29 is 9.59 Å². The Morgan fingerprint density at radius 3 is 2.49 bits per heavy atom. The zero-order valence-corrected chi connectivity index (χ0v) is 21.0. The molecule has 0 unspecified atom stereocenters. The number of aryl methyl sites for hydroxylation is 1. The number of aromatic amines is 1. The Balaban J connectivity index is 1.52. The van der Waals surface area contributed by atoms with Gasteiger partial charge < -0.3 is 20.5 Å². The quantitative estimate of drug-likeness (QED) is 0.295. The first kappa shape index (κ1) is 24.5. The lowest BCUT2D eigenvalue weighted by Gasteiger charge is -2.17. The van der Waals surface area contributed by atoms with E-state index in [9.17, 15) is 9.59 Å². The van der Waals surface area contributed by atoms with Crippen LogP contribution in [0, 0.1) is 13.8 Å². The fraction of sp³-hybridized carbons (Fsp3) is 0.310. The van der Waals surface area contributed by atoms with Gasteiger partial charge >= 0.3 is 0 Å². The summed E-state index contributed by atoms with van der Waals surface area (Å²) in [6.07, 6.45) is 2.76. The Labute approximate surface area is 207 Å². The lowest BCUT2D eigenvalue weighted by Crippen LogP contribution is -2.30. The summed E-state index contributed by atoms with van der Waals surface area (Å²) in [5.74, 6) is -0.219. The first-order valence-electron chi connectivity index (χ1n) is 12.4. The van der Waals surface area contributed by atoms with Crippen LogP contribution in [0.3, 0.4) is 0 Å². The van der Waals surface area contributed by atoms with Gasteiger partial charge in [-0.25, -0.2) is 0 Å². The third kappa shape index (κ3) is 5.23. The van der Waals surface area contributed by atoms with Gasteiger partial charge in [0, 0.05) is 29.2 Å². The van der Waals surface area contributed by atoms with Crippen molar-refractivity contribution in [1.29, 1.82) is 0 Å². The first-order chi connectivity index (χ1) is 16.9. The van der Waals surface area contributed by atoms with Gasteiger partial charge in [0.2, 0.25) is 0 Å². The predicted octanol–water partition coefficient (Wildman–Crippen LogP) is 5.25. The van der Waals surface area contributed by atoms with Gasteiger partial charge in [0.15, 0.2) is 0 Å². The number of H-pyrrole nitrogens is 1. The molecule has 182 valence electrons. The number of hydrogen-bond acceptors (Lipinski definition) is 3. The van der Waals surface area contributed by atoms with Crippen LogP contribution < -0.4 is 10.6 Å². The third-order valence-corrected chi connectivity index (χ3v) is 6.73. The van der Waals surface area contributed by atoms with Gasteiger partial charge in [0.05, 0.1) is 11.1 Å². The van der Waals surface area contributed by atoms with E-state index in [4.69, 9.17) is 0 Å². The highest BCUT2D eigenvalue weighted by atomic mass is 16.2.